The molecule has 0 radical (unpaired) electrons. The summed E-state index contributed by atoms with van der Waals surface area (Å²) in [5.41, 5.74) is 7.16. The molecule has 0 saturated heterocycles. The maximum Gasteiger partial charge on any atom is 0.0868 e. The highest BCUT2D eigenvalue weighted by molar-refractivity contribution is 14.1. The van der Waals surface area contributed by atoms with Crippen molar-refractivity contribution >= 4 is 49.0 Å². The Kier molecular flexibility index (Phi) is 2.47. The molecule has 0 unspecified atom stereocenters. The lowest BCUT2D eigenvalue weighted by Crippen LogP contribution is -1.83. The molecule has 0 bridgehead atoms. The third kappa shape index (κ3) is 1.67. The van der Waals surface area contributed by atoms with Gasteiger partial charge in [0.15, 0.2) is 0 Å². The van der Waals surface area contributed by atoms with Crippen molar-refractivity contribution in [3.05, 3.63) is 27.3 Å². The maximum atomic E-state index is 5.75. The molecule has 1 nitrogen and oxygen atoms in total. The number of fused-ring (bicyclic) bond motifs is 1. The van der Waals surface area contributed by atoms with Crippen molar-refractivity contribution < 1.29 is 0 Å². The van der Waals surface area contributed by atoms with E-state index in [0.29, 0.717) is 0 Å². The van der Waals surface area contributed by atoms with Crippen LogP contribution in [-0.2, 0) is 6.42 Å². The summed E-state index contributed by atoms with van der Waals surface area (Å²) in [6.07, 6.45) is 1.09. The van der Waals surface area contributed by atoms with E-state index in [0.717, 1.165) is 11.4 Å². The van der Waals surface area contributed by atoms with Crippen LogP contribution in [0.15, 0.2) is 18.2 Å². The second kappa shape index (κ2) is 3.46. The summed E-state index contributed by atoms with van der Waals surface area (Å²) in [5, 5.41) is 2.18. The van der Waals surface area contributed by atoms with Gasteiger partial charge >= 0.3 is 0 Å². The van der Waals surface area contributed by atoms with Crippen LogP contribution in [0.25, 0.3) is 10.1 Å². The largest absolute Gasteiger partial charge is 0.391 e. The van der Waals surface area contributed by atoms with Gasteiger partial charge in [-0.15, -0.1) is 11.3 Å². The average molecular weight is 303 g/mol. The van der Waals surface area contributed by atoms with Crippen LogP contribution in [0.4, 0.5) is 5.00 Å². The molecule has 0 amide bonds. The lowest BCUT2D eigenvalue weighted by Gasteiger charge is -2.00. The fourth-order valence-corrected chi connectivity index (χ4v) is 3.31. The third-order valence-electron chi connectivity index (χ3n) is 2.09. The van der Waals surface area contributed by atoms with Gasteiger partial charge in [-0.05, 0) is 58.2 Å². The van der Waals surface area contributed by atoms with E-state index in [-0.39, 0.29) is 0 Å². The van der Waals surface area contributed by atoms with Crippen molar-refractivity contribution in [1.82, 2.24) is 0 Å². The number of thiophene rings is 1. The summed E-state index contributed by atoms with van der Waals surface area (Å²) >= 11 is 4.04. The predicted molar refractivity (Wildman–Crippen MR) is 68.3 cm³/mol. The molecule has 1 aromatic heterocycles. The van der Waals surface area contributed by atoms with E-state index in [9.17, 15) is 0 Å². The highest BCUT2D eigenvalue weighted by atomic mass is 127. The minimum Gasteiger partial charge on any atom is -0.391 e. The number of aryl methyl sites for hydroxylation is 1. The fourth-order valence-electron chi connectivity index (χ4n) is 1.40. The Morgan fingerprint density at radius 2 is 2.15 bits per heavy atom. The Labute approximate surface area is 95.1 Å². The molecule has 1 heterocycles. The van der Waals surface area contributed by atoms with Crippen molar-refractivity contribution in [1.29, 1.82) is 0 Å². The number of rotatable bonds is 1. The van der Waals surface area contributed by atoms with Gasteiger partial charge in [0.05, 0.1) is 5.00 Å². The number of halogens is 1. The lowest BCUT2D eigenvalue weighted by atomic mass is 10.1. The van der Waals surface area contributed by atoms with E-state index in [2.05, 4.69) is 47.7 Å². The fraction of sp³-hybridized carbons (Fsp3) is 0.200. The molecule has 0 saturated carbocycles. The van der Waals surface area contributed by atoms with E-state index in [1.807, 2.05) is 0 Å². The molecule has 2 rings (SSSR count). The minimum absolute atomic E-state index is 0.902. The maximum absolute atomic E-state index is 5.75. The van der Waals surface area contributed by atoms with E-state index in [1.165, 1.54) is 19.2 Å². The minimum atomic E-state index is 0.902. The predicted octanol–water partition coefficient (Wildman–Crippen LogP) is 3.65. The molecule has 3 heteroatoms. The third-order valence-corrected chi connectivity index (χ3v) is 4.02. The smallest absolute Gasteiger partial charge is 0.0868 e. The zero-order chi connectivity index (χ0) is 9.42. The number of nitrogen functional groups attached to an aromatic ring is 1. The van der Waals surface area contributed by atoms with Gasteiger partial charge in [-0.1, -0.05) is 6.92 Å². The highest BCUT2D eigenvalue weighted by Crippen LogP contribution is 2.30. The summed E-state index contributed by atoms with van der Waals surface area (Å²) in [7, 11) is 0. The second-order valence-electron chi connectivity index (χ2n) is 2.98. The molecule has 0 aliphatic carbocycles. The molecule has 0 aliphatic rings. The number of benzene rings is 1. The van der Waals surface area contributed by atoms with Gasteiger partial charge < -0.3 is 5.73 Å². The van der Waals surface area contributed by atoms with Crippen LogP contribution in [0.5, 0.6) is 0 Å². The second-order valence-corrected chi connectivity index (χ2v) is 5.26. The highest BCUT2D eigenvalue weighted by Gasteiger charge is 2.03. The Hall–Kier alpha value is -0.290. The first-order valence-electron chi connectivity index (χ1n) is 4.18. The Morgan fingerprint density at radius 1 is 1.38 bits per heavy atom. The molecule has 0 atom stereocenters. The molecule has 0 aliphatic heterocycles. The monoisotopic (exact) mass is 303 g/mol. The Morgan fingerprint density at radius 3 is 2.85 bits per heavy atom. The SMILES string of the molecule is CCc1cc2cc(N)sc2cc1I. The van der Waals surface area contributed by atoms with Crippen molar-refractivity contribution in [2.75, 3.05) is 5.73 Å². The van der Waals surface area contributed by atoms with Gasteiger partial charge in [0, 0.05) is 8.27 Å². The van der Waals surface area contributed by atoms with Crippen LogP contribution in [0.3, 0.4) is 0 Å². The van der Waals surface area contributed by atoms with E-state index < -0.39 is 0 Å². The first-order valence-corrected chi connectivity index (χ1v) is 6.07. The number of hydrogen-bond acceptors (Lipinski definition) is 2. The average Bonchev–Trinajstić information content (AvgIpc) is 2.42. The van der Waals surface area contributed by atoms with Crippen molar-refractivity contribution in [3.63, 3.8) is 0 Å². The molecular formula is C10H10INS. The van der Waals surface area contributed by atoms with Crippen molar-refractivity contribution in [3.8, 4) is 0 Å². The summed E-state index contributed by atoms with van der Waals surface area (Å²) < 4.78 is 2.63. The lowest BCUT2D eigenvalue weighted by molar-refractivity contribution is 1.13. The standard InChI is InChI=1S/C10H10INS/c1-2-6-3-7-4-10(12)13-9(7)5-8(6)11/h3-5H,2,12H2,1H3. The summed E-state index contributed by atoms with van der Waals surface area (Å²) in [6.45, 7) is 2.18. The molecule has 68 valence electrons. The van der Waals surface area contributed by atoms with Crippen molar-refractivity contribution in [2.45, 2.75) is 13.3 Å². The first kappa shape index (κ1) is 9.27. The molecule has 2 N–H and O–H groups in total. The zero-order valence-electron chi connectivity index (χ0n) is 7.30. The van der Waals surface area contributed by atoms with Gasteiger partial charge in [-0.25, -0.2) is 0 Å². The molecule has 1 aromatic carbocycles. The van der Waals surface area contributed by atoms with Crippen LogP contribution in [-0.4, -0.2) is 0 Å². The van der Waals surface area contributed by atoms with Crippen LogP contribution >= 0.6 is 33.9 Å². The van der Waals surface area contributed by atoms with Gasteiger partial charge in [0.1, 0.15) is 0 Å². The molecule has 13 heavy (non-hydrogen) atoms. The van der Waals surface area contributed by atoms with Crippen LogP contribution in [0.2, 0.25) is 0 Å². The first-order chi connectivity index (χ1) is 6.20. The molecule has 0 fully saturated rings. The quantitative estimate of drug-likeness (QED) is 0.800. The van der Waals surface area contributed by atoms with Gasteiger partial charge in [-0.2, -0.15) is 0 Å². The number of nitrogens with two attached hydrogens (primary N) is 1. The van der Waals surface area contributed by atoms with E-state index in [4.69, 9.17) is 5.73 Å². The van der Waals surface area contributed by atoms with Crippen LogP contribution in [0, 0.1) is 3.57 Å². The van der Waals surface area contributed by atoms with Gasteiger partial charge in [0.25, 0.3) is 0 Å². The zero-order valence-corrected chi connectivity index (χ0v) is 10.3. The topological polar surface area (TPSA) is 26.0 Å². The molecule has 2 aromatic rings. The number of hydrogen-bond donors (Lipinski definition) is 1. The van der Waals surface area contributed by atoms with Crippen LogP contribution < -0.4 is 5.73 Å². The van der Waals surface area contributed by atoms with Gasteiger partial charge in [-0.3, -0.25) is 0 Å². The van der Waals surface area contributed by atoms with Gasteiger partial charge in [0.2, 0.25) is 0 Å². The summed E-state index contributed by atoms with van der Waals surface area (Å²) in [4.78, 5) is 0. The summed E-state index contributed by atoms with van der Waals surface area (Å²) in [6, 6.07) is 6.51. The molecule has 0 spiro atoms. The number of anilines is 1. The Balaban J connectivity index is 2.72. The molecular weight excluding hydrogens is 293 g/mol. The van der Waals surface area contributed by atoms with E-state index >= 15 is 0 Å². The van der Waals surface area contributed by atoms with E-state index in [1.54, 1.807) is 11.3 Å². The van der Waals surface area contributed by atoms with Crippen LogP contribution in [0.1, 0.15) is 12.5 Å². The summed E-state index contributed by atoms with van der Waals surface area (Å²) in [5.74, 6) is 0. The Bertz CT molecular complexity index is 447. The van der Waals surface area contributed by atoms with Crippen molar-refractivity contribution in [2.24, 2.45) is 0 Å². The normalized spacial score (nSPS) is 10.9.